The third-order valence-corrected chi connectivity index (χ3v) is 4.63. The van der Waals surface area contributed by atoms with E-state index >= 15 is 0 Å². The molecular formula is C14H17N3OS. The highest BCUT2D eigenvalue weighted by atomic mass is 32.1. The van der Waals surface area contributed by atoms with Gasteiger partial charge in [-0.1, -0.05) is 13.8 Å². The first-order valence-corrected chi connectivity index (χ1v) is 7.36. The topological polar surface area (TPSA) is 47.8 Å². The van der Waals surface area contributed by atoms with Crippen LogP contribution in [0.4, 0.5) is 0 Å². The Kier molecular flexibility index (Phi) is 2.82. The Labute approximate surface area is 116 Å². The Hall–Kier alpha value is -1.49. The van der Waals surface area contributed by atoms with Gasteiger partial charge in [-0.3, -0.25) is 9.48 Å². The van der Waals surface area contributed by atoms with Crippen LogP contribution in [-0.4, -0.2) is 20.5 Å². The van der Waals surface area contributed by atoms with E-state index in [1.165, 1.54) is 11.3 Å². The zero-order valence-corrected chi connectivity index (χ0v) is 12.3. The van der Waals surface area contributed by atoms with Crippen LogP contribution >= 0.6 is 11.3 Å². The highest BCUT2D eigenvalue weighted by Gasteiger charge is 2.34. The lowest BCUT2D eigenvalue weighted by Crippen LogP contribution is -2.25. The summed E-state index contributed by atoms with van der Waals surface area (Å²) >= 11 is 1.51. The lowest BCUT2D eigenvalue weighted by atomic mass is 9.78. The molecule has 2 heterocycles. The lowest BCUT2D eigenvalue weighted by molar-refractivity contribution is 0.0916. The number of aryl methyl sites for hydroxylation is 1. The summed E-state index contributed by atoms with van der Waals surface area (Å²) in [6, 6.07) is 0. The zero-order valence-electron chi connectivity index (χ0n) is 11.4. The Balaban J connectivity index is 2.01. The Morgan fingerprint density at radius 1 is 1.42 bits per heavy atom. The number of Topliss-reactive ketones (excluding diaryl/α,β-unsaturated/α-hetero) is 1. The Bertz CT molecular complexity index is 639. The van der Waals surface area contributed by atoms with Gasteiger partial charge < -0.3 is 0 Å². The predicted molar refractivity (Wildman–Crippen MR) is 75.4 cm³/mol. The lowest BCUT2D eigenvalue weighted by Gasteiger charge is -2.26. The SMILES string of the molecule is CCn1cc(-c2nc3c(s2)C(=O)CC(C)(C)C3)cn1. The summed E-state index contributed by atoms with van der Waals surface area (Å²) in [5, 5.41) is 5.18. The third kappa shape index (κ3) is 2.23. The van der Waals surface area contributed by atoms with Gasteiger partial charge in [0.25, 0.3) is 0 Å². The summed E-state index contributed by atoms with van der Waals surface area (Å²) in [5.74, 6) is 0.234. The van der Waals surface area contributed by atoms with E-state index in [9.17, 15) is 4.79 Å². The molecule has 0 N–H and O–H groups in total. The van der Waals surface area contributed by atoms with Gasteiger partial charge in [-0.05, 0) is 18.8 Å². The fourth-order valence-corrected chi connectivity index (χ4v) is 3.48. The van der Waals surface area contributed by atoms with Crippen molar-refractivity contribution in [2.45, 2.75) is 40.2 Å². The van der Waals surface area contributed by atoms with Crippen LogP contribution in [0.2, 0.25) is 0 Å². The summed E-state index contributed by atoms with van der Waals surface area (Å²) in [5.41, 5.74) is 2.00. The fraction of sp³-hybridized carbons (Fsp3) is 0.500. The molecule has 0 bridgehead atoms. The average Bonchev–Trinajstić information content (AvgIpc) is 2.92. The van der Waals surface area contributed by atoms with E-state index in [0.717, 1.165) is 34.1 Å². The molecule has 2 aromatic heterocycles. The minimum atomic E-state index is 0.0308. The smallest absolute Gasteiger partial charge is 0.175 e. The first-order chi connectivity index (χ1) is 8.98. The largest absolute Gasteiger partial charge is 0.293 e. The predicted octanol–water partition coefficient (Wildman–Crippen LogP) is 3.18. The number of rotatable bonds is 2. The zero-order chi connectivity index (χ0) is 13.6. The number of fused-ring (bicyclic) bond motifs is 1. The van der Waals surface area contributed by atoms with E-state index in [1.54, 1.807) is 0 Å². The quantitative estimate of drug-likeness (QED) is 0.845. The van der Waals surface area contributed by atoms with Gasteiger partial charge in [0.1, 0.15) is 5.01 Å². The molecule has 100 valence electrons. The van der Waals surface area contributed by atoms with Crippen LogP contribution in [0.15, 0.2) is 12.4 Å². The molecule has 19 heavy (non-hydrogen) atoms. The van der Waals surface area contributed by atoms with Crippen molar-refractivity contribution in [3.8, 4) is 10.6 Å². The van der Waals surface area contributed by atoms with Crippen LogP contribution in [-0.2, 0) is 13.0 Å². The number of nitrogens with zero attached hydrogens (tertiary/aromatic N) is 3. The molecule has 5 heteroatoms. The van der Waals surface area contributed by atoms with Gasteiger partial charge in [-0.15, -0.1) is 11.3 Å². The van der Waals surface area contributed by atoms with Gasteiger partial charge in [0.15, 0.2) is 5.78 Å². The maximum atomic E-state index is 12.2. The van der Waals surface area contributed by atoms with E-state index in [1.807, 2.05) is 17.1 Å². The van der Waals surface area contributed by atoms with E-state index in [2.05, 4.69) is 30.9 Å². The number of carbonyl (C=O) groups is 1. The Morgan fingerprint density at radius 2 is 2.21 bits per heavy atom. The highest BCUT2D eigenvalue weighted by molar-refractivity contribution is 7.17. The van der Waals surface area contributed by atoms with Crippen molar-refractivity contribution in [1.82, 2.24) is 14.8 Å². The molecular weight excluding hydrogens is 258 g/mol. The molecule has 0 aliphatic heterocycles. The van der Waals surface area contributed by atoms with E-state index in [0.29, 0.717) is 6.42 Å². The van der Waals surface area contributed by atoms with Gasteiger partial charge in [0, 0.05) is 24.7 Å². The summed E-state index contributed by atoms with van der Waals surface area (Å²) < 4.78 is 1.88. The molecule has 0 fully saturated rings. The second-order valence-electron chi connectivity index (χ2n) is 5.82. The first kappa shape index (κ1) is 12.5. The van der Waals surface area contributed by atoms with Crippen LogP contribution in [0.1, 0.15) is 42.6 Å². The Morgan fingerprint density at radius 3 is 2.89 bits per heavy atom. The van der Waals surface area contributed by atoms with Crippen molar-refractivity contribution < 1.29 is 4.79 Å². The van der Waals surface area contributed by atoms with Crippen molar-refractivity contribution >= 4 is 17.1 Å². The van der Waals surface area contributed by atoms with Crippen LogP contribution < -0.4 is 0 Å². The van der Waals surface area contributed by atoms with Crippen molar-refractivity contribution in [3.05, 3.63) is 23.0 Å². The monoisotopic (exact) mass is 275 g/mol. The standard InChI is InChI=1S/C14H17N3OS/c1-4-17-8-9(7-15-17)13-16-10-5-14(2,3)6-11(18)12(10)19-13/h7-8H,4-6H2,1-3H3. The van der Waals surface area contributed by atoms with Crippen molar-refractivity contribution in [1.29, 1.82) is 0 Å². The third-order valence-electron chi connectivity index (χ3n) is 3.44. The fourth-order valence-electron chi connectivity index (χ4n) is 2.49. The average molecular weight is 275 g/mol. The number of hydrogen-bond donors (Lipinski definition) is 0. The minimum Gasteiger partial charge on any atom is -0.293 e. The summed E-state index contributed by atoms with van der Waals surface area (Å²) in [7, 11) is 0. The summed E-state index contributed by atoms with van der Waals surface area (Å²) in [6.07, 6.45) is 5.31. The molecule has 0 atom stereocenters. The van der Waals surface area contributed by atoms with Gasteiger partial charge in [-0.25, -0.2) is 4.98 Å². The normalized spacial score (nSPS) is 17.5. The number of aromatic nitrogens is 3. The van der Waals surface area contributed by atoms with Crippen LogP contribution in [0.3, 0.4) is 0 Å². The van der Waals surface area contributed by atoms with Gasteiger partial charge in [0.2, 0.25) is 0 Å². The maximum absolute atomic E-state index is 12.2. The number of carbonyl (C=O) groups excluding carboxylic acids is 1. The molecule has 3 rings (SSSR count). The number of ketones is 1. The maximum Gasteiger partial charge on any atom is 0.175 e. The molecule has 0 spiro atoms. The van der Waals surface area contributed by atoms with E-state index in [-0.39, 0.29) is 11.2 Å². The molecule has 0 unspecified atom stereocenters. The van der Waals surface area contributed by atoms with Crippen molar-refractivity contribution in [2.75, 3.05) is 0 Å². The van der Waals surface area contributed by atoms with Crippen molar-refractivity contribution in [2.24, 2.45) is 5.41 Å². The molecule has 0 radical (unpaired) electrons. The highest BCUT2D eigenvalue weighted by Crippen LogP contribution is 2.39. The second kappa shape index (κ2) is 4.27. The molecule has 0 saturated heterocycles. The summed E-state index contributed by atoms with van der Waals surface area (Å²) in [6.45, 7) is 7.15. The molecule has 1 aliphatic rings. The molecule has 0 amide bonds. The number of thiazole rings is 1. The van der Waals surface area contributed by atoms with Gasteiger partial charge in [0.05, 0.1) is 16.8 Å². The van der Waals surface area contributed by atoms with Crippen molar-refractivity contribution in [3.63, 3.8) is 0 Å². The summed E-state index contributed by atoms with van der Waals surface area (Å²) in [4.78, 5) is 17.7. The van der Waals surface area contributed by atoms with Crippen LogP contribution in [0.25, 0.3) is 10.6 Å². The second-order valence-corrected chi connectivity index (χ2v) is 6.82. The number of hydrogen-bond acceptors (Lipinski definition) is 4. The minimum absolute atomic E-state index is 0.0308. The van der Waals surface area contributed by atoms with Crippen LogP contribution in [0.5, 0.6) is 0 Å². The van der Waals surface area contributed by atoms with Gasteiger partial charge in [-0.2, -0.15) is 5.10 Å². The molecule has 0 aromatic carbocycles. The van der Waals surface area contributed by atoms with E-state index in [4.69, 9.17) is 0 Å². The first-order valence-electron chi connectivity index (χ1n) is 6.54. The molecule has 0 saturated carbocycles. The van der Waals surface area contributed by atoms with Crippen LogP contribution in [0, 0.1) is 5.41 Å². The van der Waals surface area contributed by atoms with E-state index < -0.39 is 0 Å². The van der Waals surface area contributed by atoms with Gasteiger partial charge >= 0.3 is 0 Å². The molecule has 1 aliphatic carbocycles. The molecule has 2 aromatic rings. The molecule has 4 nitrogen and oxygen atoms in total.